The molecule has 0 aromatic heterocycles. The second kappa shape index (κ2) is 9.12. The number of hydrogen-bond acceptors (Lipinski definition) is 1. The molecule has 1 nitrogen and oxygen atoms in total. The summed E-state index contributed by atoms with van der Waals surface area (Å²) in [5.41, 5.74) is 15.8. The number of rotatable bonds is 3. The van der Waals surface area contributed by atoms with Gasteiger partial charge in [0.05, 0.1) is 11.4 Å². The predicted molar refractivity (Wildman–Crippen MR) is 158 cm³/mol. The second-order valence-electron chi connectivity index (χ2n) is 10.4. The first kappa shape index (κ1) is 23.4. The van der Waals surface area contributed by atoms with Crippen LogP contribution in [0.2, 0.25) is 0 Å². The van der Waals surface area contributed by atoms with E-state index in [2.05, 4.69) is 130 Å². The van der Waals surface area contributed by atoms with Crippen LogP contribution in [0.3, 0.4) is 0 Å². The first-order valence-electron chi connectivity index (χ1n) is 12.9. The van der Waals surface area contributed by atoms with Crippen LogP contribution in [0.15, 0.2) is 103 Å². The van der Waals surface area contributed by atoms with Crippen LogP contribution >= 0.6 is 0 Å². The SMILES string of the molecule is [B]c1ccc(-c2ccc(C)cc2C)c(C2c3ccccc3N(c3cccc(C)c3)c3cc(C)ccc32)c1. The molecule has 0 amide bonds. The van der Waals surface area contributed by atoms with E-state index in [9.17, 15) is 0 Å². The van der Waals surface area contributed by atoms with Gasteiger partial charge in [0.15, 0.2) is 0 Å². The molecule has 37 heavy (non-hydrogen) atoms. The highest BCUT2D eigenvalue weighted by atomic mass is 15.2. The maximum absolute atomic E-state index is 6.46. The molecule has 1 heterocycles. The van der Waals surface area contributed by atoms with E-state index in [1.807, 2.05) is 6.07 Å². The zero-order chi connectivity index (χ0) is 25.7. The van der Waals surface area contributed by atoms with E-state index in [0.717, 1.165) is 5.46 Å². The Labute approximate surface area is 221 Å². The van der Waals surface area contributed by atoms with Gasteiger partial charge in [0.1, 0.15) is 7.85 Å². The van der Waals surface area contributed by atoms with Gasteiger partial charge in [-0.15, -0.1) is 0 Å². The average molecular weight is 475 g/mol. The van der Waals surface area contributed by atoms with Crippen LogP contribution in [-0.4, -0.2) is 7.85 Å². The fourth-order valence-corrected chi connectivity index (χ4v) is 5.89. The summed E-state index contributed by atoms with van der Waals surface area (Å²) in [6.07, 6.45) is 0. The van der Waals surface area contributed by atoms with Gasteiger partial charge in [0.2, 0.25) is 0 Å². The Balaban J connectivity index is 1.66. The lowest BCUT2D eigenvalue weighted by atomic mass is 9.75. The summed E-state index contributed by atoms with van der Waals surface area (Å²) >= 11 is 0. The summed E-state index contributed by atoms with van der Waals surface area (Å²) in [5, 5.41) is 0. The largest absolute Gasteiger partial charge is 0.310 e. The molecule has 0 fully saturated rings. The Morgan fingerprint density at radius 1 is 0.541 bits per heavy atom. The number of fused-ring (bicyclic) bond motifs is 2. The van der Waals surface area contributed by atoms with Crippen molar-refractivity contribution in [3.8, 4) is 11.1 Å². The lowest BCUT2D eigenvalue weighted by molar-refractivity contribution is 0.939. The van der Waals surface area contributed by atoms with Crippen molar-refractivity contribution in [2.24, 2.45) is 0 Å². The summed E-state index contributed by atoms with van der Waals surface area (Å²) in [5.74, 6) is 0.0621. The summed E-state index contributed by atoms with van der Waals surface area (Å²) in [7, 11) is 6.46. The van der Waals surface area contributed by atoms with Crippen LogP contribution in [0.1, 0.15) is 44.9 Å². The van der Waals surface area contributed by atoms with E-state index < -0.39 is 0 Å². The van der Waals surface area contributed by atoms with Gasteiger partial charge in [0.25, 0.3) is 0 Å². The van der Waals surface area contributed by atoms with E-state index in [1.165, 1.54) is 67.1 Å². The zero-order valence-electron chi connectivity index (χ0n) is 21.9. The van der Waals surface area contributed by atoms with E-state index >= 15 is 0 Å². The van der Waals surface area contributed by atoms with Gasteiger partial charge in [-0.25, -0.2) is 0 Å². The first-order chi connectivity index (χ1) is 17.9. The van der Waals surface area contributed by atoms with Gasteiger partial charge in [-0.05, 0) is 96.5 Å². The third kappa shape index (κ3) is 4.07. The molecule has 0 bridgehead atoms. The smallest absolute Gasteiger partial charge is 0.113 e. The van der Waals surface area contributed by atoms with Crippen LogP contribution in [-0.2, 0) is 0 Å². The molecule has 0 saturated carbocycles. The first-order valence-corrected chi connectivity index (χ1v) is 12.9. The lowest BCUT2D eigenvalue weighted by Gasteiger charge is -2.39. The lowest BCUT2D eigenvalue weighted by Crippen LogP contribution is -2.23. The van der Waals surface area contributed by atoms with E-state index in [4.69, 9.17) is 7.85 Å². The highest BCUT2D eigenvalue weighted by molar-refractivity contribution is 6.32. The molecule has 1 aliphatic rings. The van der Waals surface area contributed by atoms with Crippen molar-refractivity contribution in [3.05, 3.63) is 142 Å². The fourth-order valence-electron chi connectivity index (χ4n) is 5.89. The number of benzene rings is 5. The summed E-state index contributed by atoms with van der Waals surface area (Å²) in [6.45, 7) is 8.68. The molecule has 5 aromatic carbocycles. The van der Waals surface area contributed by atoms with Gasteiger partial charge in [-0.1, -0.05) is 89.9 Å². The van der Waals surface area contributed by atoms with Crippen LogP contribution in [0.4, 0.5) is 17.1 Å². The normalized spacial score (nSPS) is 14.3. The molecule has 6 rings (SSSR count). The van der Waals surface area contributed by atoms with Crippen molar-refractivity contribution in [1.82, 2.24) is 0 Å². The number of hydrogen-bond donors (Lipinski definition) is 0. The third-order valence-electron chi connectivity index (χ3n) is 7.55. The van der Waals surface area contributed by atoms with Crippen molar-refractivity contribution >= 4 is 30.4 Å². The molecule has 0 saturated heterocycles. The van der Waals surface area contributed by atoms with E-state index in [-0.39, 0.29) is 5.92 Å². The Bertz CT molecular complexity index is 1650. The fraction of sp³-hybridized carbons (Fsp3) is 0.143. The molecule has 5 aromatic rings. The summed E-state index contributed by atoms with van der Waals surface area (Å²) in [4.78, 5) is 2.42. The van der Waals surface area contributed by atoms with Crippen LogP contribution in [0.25, 0.3) is 11.1 Å². The average Bonchev–Trinajstić information content (AvgIpc) is 2.87. The summed E-state index contributed by atoms with van der Waals surface area (Å²) in [6, 6.07) is 37.6. The number of aryl methyl sites for hydroxylation is 4. The second-order valence-corrected chi connectivity index (χ2v) is 10.4. The zero-order valence-corrected chi connectivity index (χ0v) is 21.9. The molecule has 1 unspecified atom stereocenters. The minimum Gasteiger partial charge on any atom is -0.310 e. The van der Waals surface area contributed by atoms with Gasteiger partial charge in [0, 0.05) is 11.6 Å². The van der Waals surface area contributed by atoms with Crippen molar-refractivity contribution in [2.45, 2.75) is 33.6 Å². The van der Waals surface area contributed by atoms with Gasteiger partial charge >= 0.3 is 0 Å². The Morgan fingerprint density at radius 3 is 2.05 bits per heavy atom. The molecule has 178 valence electrons. The Morgan fingerprint density at radius 2 is 1.24 bits per heavy atom. The summed E-state index contributed by atoms with van der Waals surface area (Å²) < 4.78 is 0. The number of anilines is 3. The van der Waals surface area contributed by atoms with Crippen molar-refractivity contribution in [1.29, 1.82) is 0 Å². The molecule has 2 radical (unpaired) electrons. The van der Waals surface area contributed by atoms with Gasteiger partial charge in [-0.2, -0.15) is 0 Å². The van der Waals surface area contributed by atoms with Crippen LogP contribution in [0.5, 0.6) is 0 Å². The Kier molecular flexibility index (Phi) is 5.76. The van der Waals surface area contributed by atoms with E-state index in [1.54, 1.807) is 0 Å². The van der Waals surface area contributed by atoms with Crippen LogP contribution < -0.4 is 10.4 Å². The quantitative estimate of drug-likeness (QED) is 0.233. The molecule has 0 spiro atoms. The molecule has 1 atom stereocenters. The third-order valence-corrected chi connectivity index (χ3v) is 7.55. The van der Waals surface area contributed by atoms with Crippen molar-refractivity contribution in [3.63, 3.8) is 0 Å². The predicted octanol–water partition coefficient (Wildman–Crippen LogP) is 8.34. The molecule has 2 heteroatoms. The highest BCUT2D eigenvalue weighted by Gasteiger charge is 2.33. The van der Waals surface area contributed by atoms with Gasteiger partial charge < -0.3 is 4.90 Å². The Hall–Kier alpha value is -4.04. The monoisotopic (exact) mass is 475 g/mol. The molecule has 0 N–H and O–H groups in total. The standard InChI is InChI=1S/C35H30BN/c1-22-8-7-9-27(19-22)37-33-11-6-5-10-30(33)35(31-16-13-24(3)20-34(31)37)32-21-26(36)14-17-29(32)28-15-12-23(2)18-25(28)4/h5-21,35H,1-4H3. The van der Waals surface area contributed by atoms with E-state index in [0.29, 0.717) is 0 Å². The molecule has 0 aliphatic carbocycles. The molecular formula is C35H30BN. The van der Waals surface area contributed by atoms with Gasteiger partial charge in [-0.3, -0.25) is 0 Å². The van der Waals surface area contributed by atoms with Crippen molar-refractivity contribution < 1.29 is 0 Å². The topological polar surface area (TPSA) is 3.24 Å². The molecule has 1 aliphatic heterocycles. The number of nitrogens with zero attached hydrogens (tertiary/aromatic N) is 1. The minimum atomic E-state index is 0.0621. The molecular weight excluding hydrogens is 445 g/mol. The van der Waals surface area contributed by atoms with Crippen LogP contribution in [0, 0.1) is 27.7 Å². The van der Waals surface area contributed by atoms with Crippen molar-refractivity contribution in [2.75, 3.05) is 4.90 Å². The maximum Gasteiger partial charge on any atom is 0.113 e. The highest BCUT2D eigenvalue weighted by Crippen LogP contribution is 2.52. The number of para-hydroxylation sites is 1. The maximum atomic E-state index is 6.46. The minimum absolute atomic E-state index is 0.0621.